The second kappa shape index (κ2) is 8.03. The van der Waals surface area contributed by atoms with E-state index >= 15 is 0 Å². The molecule has 0 aliphatic carbocycles. The molecular weight excluding hydrogens is 360 g/mol. The number of rotatable bonds is 5. The lowest BCUT2D eigenvalue weighted by atomic mass is 10.2. The van der Waals surface area contributed by atoms with E-state index in [1.807, 2.05) is 30.3 Å². The zero-order valence-electron chi connectivity index (χ0n) is 15.1. The third-order valence-electron chi connectivity index (χ3n) is 5.04. The molecule has 3 aromatic rings. The molecular formula is C21H23ClN4O. The molecule has 0 radical (unpaired) electrons. The number of H-pyrrole nitrogens is 1. The number of aromatic nitrogens is 1. The number of fused-ring (bicyclic) bond motifs is 1. The Morgan fingerprint density at radius 3 is 2.59 bits per heavy atom. The van der Waals surface area contributed by atoms with E-state index in [1.165, 1.54) is 5.69 Å². The molecule has 6 heteroatoms. The summed E-state index contributed by atoms with van der Waals surface area (Å²) in [6.45, 7) is 5.55. The van der Waals surface area contributed by atoms with E-state index in [-0.39, 0.29) is 5.91 Å². The van der Waals surface area contributed by atoms with Gasteiger partial charge in [0.15, 0.2) is 0 Å². The van der Waals surface area contributed by atoms with Crippen LogP contribution in [0.15, 0.2) is 54.6 Å². The van der Waals surface area contributed by atoms with Crippen LogP contribution < -0.4 is 10.2 Å². The van der Waals surface area contributed by atoms with E-state index in [0.717, 1.165) is 43.6 Å². The van der Waals surface area contributed by atoms with E-state index in [9.17, 15) is 4.79 Å². The van der Waals surface area contributed by atoms with Gasteiger partial charge in [-0.3, -0.25) is 9.69 Å². The maximum absolute atomic E-state index is 12.4. The average molecular weight is 383 g/mol. The van der Waals surface area contributed by atoms with Crippen molar-refractivity contribution in [1.29, 1.82) is 0 Å². The minimum Gasteiger partial charge on any atom is -0.369 e. The standard InChI is InChI=1S/C21H23ClN4O/c22-17-7-6-16-14-20(24-19(16)15-17)21(27)23-8-9-25-10-12-26(13-11-25)18-4-2-1-3-5-18/h1-7,14-15,24H,8-13H2,(H,23,27). The van der Waals surface area contributed by atoms with Crippen molar-refractivity contribution in [3.8, 4) is 0 Å². The molecule has 4 rings (SSSR count). The van der Waals surface area contributed by atoms with Gasteiger partial charge < -0.3 is 15.2 Å². The number of para-hydroxylation sites is 1. The molecule has 1 fully saturated rings. The fourth-order valence-corrected chi connectivity index (χ4v) is 3.68. The van der Waals surface area contributed by atoms with Crippen molar-refractivity contribution in [2.75, 3.05) is 44.2 Å². The summed E-state index contributed by atoms with van der Waals surface area (Å²) in [4.78, 5) is 20.3. The molecule has 1 saturated heterocycles. The van der Waals surface area contributed by atoms with Crippen molar-refractivity contribution in [3.63, 3.8) is 0 Å². The normalized spacial score (nSPS) is 15.2. The van der Waals surface area contributed by atoms with Gasteiger partial charge in [-0.2, -0.15) is 0 Å². The second-order valence-corrected chi connectivity index (χ2v) is 7.27. The Hall–Kier alpha value is -2.50. The Labute approximate surface area is 163 Å². The maximum atomic E-state index is 12.4. The van der Waals surface area contributed by atoms with Crippen LogP contribution in [-0.4, -0.2) is 55.1 Å². The summed E-state index contributed by atoms with van der Waals surface area (Å²) in [5.74, 6) is -0.0785. The van der Waals surface area contributed by atoms with E-state index in [2.05, 4.69) is 44.4 Å². The summed E-state index contributed by atoms with van der Waals surface area (Å²) >= 11 is 6.00. The van der Waals surface area contributed by atoms with Crippen LogP contribution in [0.25, 0.3) is 10.9 Å². The number of anilines is 1. The van der Waals surface area contributed by atoms with Crippen LogP contribution in [0, 0.1) is 0 Å². The predicted octanol–water partition coefficient (Wildman–Crippen LogP) is 3.37. The lowest BCUT2D eigenvalue weighted by Crippen LogP contribution is -2.48. The van der Waals surface area contributed by atoms with E-state index < -0.39 is 0 Å². The summed E-state index contributed by atoms with van der Waals surface area (Å²) in [7, 11) is 0. The van der Waals surface area contributed by atoms with Crippen molar-refractivity contribution in [3.05, 3.63) is 65.3 Å². The summed E-state index contributed by atoms with van der Waals surface area (Å²) in [6, 6.07) is 18.0. The Bertz CT molecular complexity index is 916. The highest BCUT2D eigenvalue weighted by molar-refractivity contribution is 6.31. The molecule has 0 spiro atoms. The van der Waals surface area contributed by atoms with Gasteiger partial charge in [0.1, 0.15) is 5.69 Å². The lowest BCUT2D eigenvalue weighted by molar-refractivity contribution is 0.0943. The number of aromatic amines is 1. The highest BCUT2D eigenvalue weighted by atomic mass is 35.5. The average Bonchev–Trinajstić information content (AvgIpc) is 3.12. The second-order valence-electron chi connectivity index (χ2n) is 6.83. The molecule has 1 amide bonds. The van der Waals surface area contributed by atoms with Gasteiger partial charge in [0.05, 0.1) is 0 Å². The predicted molar refractivity (Wildman–Crippen MR) is 111 cm³/mol. The van der Waals surface area contributed by atoms with Crippen LogP contribution >= 0.6 is 11.6 Å². The van der Waals surface area contributed by atoms with Gasteiger partial charge in [-0.15, -0.1) is 0 Å². The fraction of sp³-hybridized carbons (Fsp3) is 0.286. The van der Waals surface area contributed by atoms with Crippen molar-refractivity contribution in [2.45, 2.75) is 0 Å². The number of nitrogens with zero attached hydrogens (tertiary/aromatic N) is 2. The molecule has 2 heterocycles. The van der Waals surface area contributed by atoms with Gasteiger partial charge in [0, 0.05) is 60.9 Å². The van der Waals surface area contributed by atoms with Gasteiger partial charge in [-0.25, -0.2) is 0 Å². The molecule has 1 aliphatic heterocycles. The largest absolute Gasteiger partial charge is 0.369 e. The Balaban J connectivity index is 1.24. The van der Waals surface area contributed by atoms with Gasteiger partial charge in [0.2, 0.25) is 0 Å². The first-order valence-corrected chi connectivity index (χ1v) is 9.66. The van der Waals surface area contributed by atoms with E-state index in [4.69, 9.17) is 11.6 Å². The number of halogens is 1. The first-order chi connectivity index (χ1) is 13.2. The number of benzene rings is 2. The fourth-order valence-electron chi connectivity index (χ4n) is 3.51. The molecule has 2 aromatic carbocycles. The Morgan fingerprint density at radius 2 is 1.81 bits per heavy atom. The van der Waals surface area contributed by atoms with Gasteiger partial charge in [-0.05, 0) is 30.3 Å². The summed E-state index contributed by atoms with van der Waals surface area (Å²) in [6.07, 6.45) is 0. The van der Waals surface area contributed by atoms with Crippen molar-refractivity contribution >= 4 is 34.1 Å². The van der Waals surface area contributed by atoms with Crippen LogP contribution in [0.2, 0.25) is 5.02 Å². The first-order valence-electron chi connectivity index (χ1n) is 9.28. The topological polar surface area (TPSA) is 51.4 Å². The third-order valence-corrected chi connectivity index (χ3v) is 5.27. The minimum absolute atomic E-state index is 0.0785. The summed E-state index contributed by atoms with van der Waals surface area (Å²) in [5, 5.41) is 4.65. The SMILES string of the molecule is O=C(NCCN1CCN(c2ccccc2)CC1)c1cc2ccc(Cl)cc2[nH]1. The Kier molecular flexibility index (Phi) is 5.32. The van der Waals surface area contributed by atoms with E-state index in [1.54, 1.807) is 0 Å². The molecule has 0 atom stereocenters. The molecule has 1 aromatic heterocycles. The number of amides is 1. The third kappa shape index (κ3) is 4.26. The van der Waals surface area contributed by atoms with E-state index in [0.29, 0.717) is 17.3 Å². The highest BCUT2D eigenvalue weighted by Crippen LogP contribution is 2.20. The molecule has 140 valence electrons. The van der Waals surface area contributed by atoms with Crippen molar-refractivity contribution < 1.29 is 4.79 Å². The van der Waals surface area contributed by atoms with Crippen LogP contribution in [-0.2, 0) is 0 Å². The molecule has 0 unspecified atom stereocenters. The van der Waals surface area contributed by atoms with Gasteiger partial charge in [-0.1, -0.05) is 35.9 Å². The maximum Gasteiger partial charge on any atom is 0.267 e. The van der Waals surface area contributed by atoms with Gasteiger partial charge in [0.25, 0.3) is 5.91 Å². The number of nitrogens with one attached hydrogen (secondary N) is 2. The quantitative estimate of drug-likeness (QED) is 0.711. The molecule has 5 nitrogen and oxygen atoms in total. The molecule has 0 bridgehead atoms. The monoisotopic (exact) mass is 382 g/mol. The minimum atomic E-state index is -0.0785. The van der Waals surface area contributed by atoms with Crippen LogP contribution in [0.1, 0.15) is 10.5 Å². The lowest BCUT2D eigenvalue weighted by Gasteiger charge is -2.36. The van der Waals surface area contributed by atoms with Crippen molar-refractivity contribution in [1.82, 2.24) is 15.2 Å². The zero-order valence-corrected chi connectivity index (χ0v) is 15.9. The Morgan fingerprint density at radius 1 is 1.04 bits per heavy atom. The smallest absolute Gasteiger partial charge is 0.267 e. The van der Waals surface area contributed by atoms with Crippen LogP contribution in [0.4, 0.5) is 5.69 Å². The van der Waals surface area contributed by atoms with Gasteiger partial charge >= 0.3 is 0 Å². The molecule has 27 heavy (non-hydrogen) atoms. The number of hydrogen-bond acceptors (Lipinski definition) is 3. The summed E-state index contributed by atoms with van der Waals surface area (Å²) in [5.41, 5.74) is 2.73. The number of piperazine rings is 1. The first kappa shape index (κ1) is 17.9. The van der Waals surface area contributed by atoms with Crippen LogP contribution in [0.5, 0.6) is 0 Å². The zero-order chi connectivity index (χ0) is 18.6. The number of hydrogen-bond donors (Lipinski definition) is 2. The number of carbonyl (C=O) groups excluding carboxylic acids is 1. The molecule has 2 N–H and O–H groups in total. The number of carbonyl (C=O) groups is 1. The highest BCUT2D eigenvalue weighted by Gasteiger charge is 2.17. The van der Waals surface area contributed by atoms with Crippen molar-refractivity contribution in [2.24, 2.45) is 0 Å². The molecule has 0 saturated carbocycles. The van der Waals surface area contributed by atoms with Crippen LogP contribution in [0.3, 0.4) is 0 Å². The summed E-state index contributed by atoms with van der Waals surface area (Å²) < 4.78 is 0. The molecule has 1 aliphatic rings.